The SMILES string of the molecule is O=[N+]([O-])c1cc(F)ccc1N1CCC(O)(c2ccccc2Cl)CC1. The Morgan fingerprint density at radius 3 is 2.50 bits per heavy atom. The summed E-state index contributed by atoms with van der Waals surface area (Å²) in [6, 6.07) is 10.7. The molecule has 2 aromatic carbocycles. The molecule has 0 unspecified atom stereocenters. The quantitative estimate of drug-likeness (QED) is 0.674. The molecule has 0 spiro atoms. The van der Waals surface area contributed by atoms with Crippen LogP contribution in [0.15, 0.2) is 42.5 Å². The zero-order valence-electron chi connectivity index (χ0n) is 12.8. The van der Waals surface area contributed by atoms with Crippen molar-refractivity contribution in [3.8, 4) is 0 Å². The fraction of sp³-hybridized carbons (Fsp3) is 0.294. The van der Waals surface area contributed by atoms with E-state index < -0.39 is 16.3 Å². The summed E-state index contributed by atoms with van der Waals surface area (Å²) in [5.74, 6) is -0.643. The van der Waals surface area contributed by atoms with Crippen LogP contribution in [0.25, 0.3) is 0 Å². The Bertz CT molecular complexity index is 776. The van der Waals surface area contributed by atoms with E-state index in [4.69, 9.17) is 11.6 Å². The van der Waals surface area contributed by atoms with Gasteiger partial charge in [-0.1, -0.05) is 29.8 Å². The van der Waals surface area contributed by atoms with Crippen molar-refractivity contribution in [3.05, 3.63) is 69.0 Å². The highest BCUT2D eigenvalue weighted by atomic mass is 35.5. The van der Waals surface area contributed by atoms with Crippen LogP contribution in [0.5, 0.6) is 0 Å². The largest absolute Gasteiger partial charge is 0.385 e. The molecule has 0 atom stereocenters. The third-order valence-electron chi connectivity index (χ3n) is 4.44. The normalized spacial score (nSPS) is 16.9. The Kier molecular flexibility index (Phi) is 4.43. The van der Waals surface area contributed by atoms with Crippen LogP contribution in [-0.2, 0) is 5.60 Å². The predicted molar refractivity (Wildman–Crippen MR) is 89.9 cm³/mol. The summed E-state index contributed by atoms with van der Waals surface area (Å²) < 4.78 is 13.3. The molecule has 0 aliphatic carbocycles. The number of nitro benzene ring substituents is 1. The van der Waals surface area contributed by atoms with Gasteiger partial charge in [0.1, 0.15) is 11.5 Å². The first kappa shape index (κ1) is 16.7. The Labute approximate surface area is 143 Å². The summed E-state index contributed by atoms with van der Waals surface area (Å²) >= 11 is 6.18. The third kappa shape index (κ3) is 3.07. The molecule has 7 heteroatoms. The fourth-order valence-corrected chi connectivity index (χ4v) is 3.45. The van der Waals surface area contributed by atoms with Gasteiger partial charge in [0.15, 0.2) is 0 Å². The van der Waals surface area contributed by atoms with Gasteiger partial charge in [-0.2, -0.15) is 0 Å². The van der Waals surface area contributed by atoms with E-state index in [1.54, 1.807) is 23.1 Å². The van der Waals surface area contributed by atoms with E-state index >= 15 is 0 Å². The molecule has 5 nitrogen and oxygen atoms in total. The minimum Gasteiger partial charge on any atom is -0.385 e. The minimum atomic E-state index is -1.07. The molecule has 0 radical (unpaired) electrons. The van der Waals surface area contributed by atoms with E-state index in [2.05, 4.69) is 0 Å². The second kappa shape index (κ2) is 6.37. The van der Waals surface area contributed by atoms with E-state index in [0.717, 1.165) is 6.07 Å². The highest BCUT2D eigenvalue weighted by molar-refractivity contribution is 6.31. The van der Waals surface area contributed by atoms with Gasteiger partial charge >= 0.3 is 0 Å². The maximum Gasteiger partial charge on any atom is 0.295 e. The number of nitro groups is 1. The molecule has 1 heterocycles. The van der Waals surface area contributed by atoms with Crippen LogP contribution in [0.2, 0.25) is 5.02 Å². The van der Waals surface area contributed by atoms with Crippen molar-refractivity contribution in [1.29, 1.82) is 0 Å². The van der Waals surface area contributed by atoms with Gasteiger partial charge in [-0.25, -0.2) is 4.39 Å². The van der Waals surface area contributed by atoms with Crippen LogP contribution < -0.4 is 4.90 Å². The first-order valence-electron chi connectivity index (χ1n) is 7.57. The molecule has 1 fully saturated rings. The van der Waals surface area contributed by atoms with Gasteiger partial charge in [0.25, 0.3) is 5.69 Å². The molecule has 1 aliphatic heterocycles. The van der Waals surface area contributed by atoms with Crippen molar-refractivity contribution >= 4 is 23.0 Å². The maximum absolute atomic E-state index is 13.3. The monoisotopic (exact) mass is 350 g/mol. The van der Waals surface area contributed by atoms with Crippen molar-refractivity contribution in [2.75, 3.05) is 18.0 Å². The van der Waals surface area contributed by atoms with Gasteiger partial charge in [0.2, 0.25) is 0 Å². The third-order valence-corrected chi connectivity index (χ3v) is 4.77. The van der Waals surface area contributed by atoms with Gasteiger partial charge < -0.3 is 10.0 Å². The number of piperidine rings is 1. The molecule has 0 aromatic heterocycles. The average Bonchev–Trinajstić information content (AvgIpc) is 2.56. The van der Waals surface area contributed by atoms with E-state index in [9.17, 15) is 19.6 Å². The Hall–Kier alpha value is -2.18. The number of anilines is 1. The van der Waals surface area contributed by atoms with Crippen LogP contribution in [0.1, 0.15) is 18.4 Å². The minimum absolute atomic E-state index is 0.266. The average molecular weight is 351 g/mol. The van der Waals surface area contributed by atoms with E-state index in [1.165, 1.54) is 12.1 Å². The van der Waals surface area contributed by atoms with Crippen molar-refractivity contribution < 1.29 is 14.4 Å². The van der Waals surface area contributed by atoms with E-state index in [1.807, 2.05) is 6.07 Å². The second-order valence-electron chi connectivity index (χ2n) is 5.89. The van der Waals surface area contributed by atoms with E-state index in [0.29, 0.717) is 42.2 Å². The van der Waals surface area contributed by atoms with Crippen LogP contribution in [-0.4, -0.2) is 23.1 Å². The first-order chi connectivity index (χ1) is 11.4. The van der Waals surface area contributed by atoms with Crippen LogP contribution >= 0.6 is 11.6 Å². The van der Waals surface area contributed by atoms with Gasteiger partial charge in [0.05, 0.1) is 16.6 Å². The molecule has 1 aliphatic rings. The molecule has 1 N–H and O–H groups in total. The molecular formula is C17H16ClFN2O3. The molecule has 2 aromatic rings. The molecule has 3 rings (SSSR count). The molecule has 24 heavy (non-hydrogen) atoms. The van der Waals surface area contributed by atoms with Gasteiger partial charge in [0, 0.05) is 23.7 Å². The van der Waals surface area contributed by atoms with Gasteiger partial charge in [-0.3, -0.25) is 10.1 Å². The number of rotatable bonds is 3. The number of benzene rings is 2. The van der Waals surface area contributed by atoms with Crippen LogP contribution in [0.3, 0.4) is 0 Å². The number of hydrogen-bond donors (Lipinski definition) is 1. The highest BCUT2D eigenvalue weighted by Crippen LogP contribution is 2.39. The Morgan fingerprint density at radius 1 is 1.21 bits per heavy atom. The lowest BCUT2D eigenvalue weighted by molar-refractivity contribution is -0.384. The van der Waals surface area contributed by atoms with Crippen molar-refractivity contribution in [2.45, 2.75) is 18.4 Å². The summed E-state index contributed by atoms with van der Waals surface area (Å²) in [5.41, 5.74) is -0.301. The van der Waals surface area contributed by atoms with E-state index in [-0.39, 0.29) is 5.69 Å². The van der Waals surface area contributed by atoms with Crippen molar-refractivity contribution in [2.24, 2.45) is 0 Å². The Morgan fingerprint density at radius 2 is 1.88 bits per heavy atom. The van der Waals surface area contributed by atoms with Gasteiger partial charge in [-0.15, -0.1) is 0 Å². The number of aliphatic hydroxyl groups is 1. The van der Waals surface area contributed by atoms with Gasteiger partial charge in [-0.05, 0) is 31.0 Å². The van der Waals surface area contributed by atoms with Crippen molar-refractivity contribution in [3.63, 3.8) is 0 Å². The lowest BCUT2D eigenvalue weighted by Gasteiger charge is -2.39. The topological polar surface area (TPSA) is 66.6 Å². The van der Waals surface area contributed by atoms with Crippen molar-refractivity contribution in [1.82, 2.24) is 0 Å². The highest BCUT2D eigenvalue weighted by Gasteiger charge is 2.36. The fourth-order valence-electron chi connectivity index (χ4n) is 3.14. The molecule has 0 amide bonds. The molecule has 1 saturated heterocycles. The number of hydrogen-bond acceptors (Lipinski definition) is 4. The summed E-state index contributed by atoms with van der Waals surface area (Å²) in [6.07, 6.45) is 0.760. The smallest absolute Gasteiger partial charge is 0.295 e. The maximum atomic E-state index is 13.3. The first-order valence-corrected chi connectivity index (χ1v) is 7.95. The lowest BCUT2D eigenvalue weighted by Crippen LogP contribution is -2.43. The van der Waals surface area contributed by atoms with Crippen LogP contribution in [0, 0.1) is 15.9 Å². The Balaban J connectivity index is 1.83. The summed E-state index contributed by atoms with van der Waals surface area (Å²) in [5, 5.41) is 22.6. The zero-order valence-corrected chi connectivity index (χ0v) is 13.5. The molecule has 0 bridgehead atoms. The standard InChI is InChI=1S/C17H16ClFN2O3/c18-14-4-2-1-3-13(14)17(22)7-9-20(10-8-17)15-6-5-12(19)11-16(15)21(23)24/h1-6,11,22H,7-10H2. The molecule has 126 valence electrons. The summed E-state index contributed by atoms with van der Waals surface area (Å²) in [6.45, 7) is 0.822. The lowest BCUT2D eigenvalue weighted by atomic mass is 9.84. The van der Waals surface area contributed by atoms with Crippen LogP contribution in [0.4, 0.5) is 15.8 Å². The molecule has 0 saturated carbocycles. The predicted octanol–water partition coefficient (Wildman–Crippen LogP) is 3.88. The number of nitrogens with zero attached hydrogens (tertiary/aromatic N) is 2. The molecular weight excluding hydrogens is 335 g/mol. The summed E-state index contributed by atoms with van der Waals surface area (Å²) in [7, 11) is 0. The zero-order chi connectivity index (χ0) is 17.3. The summed E-state index contributed by atoms with van der Waals surface area (Å²) in [4.78, 5) is 12.4. The second-order valence-corrected chi connectivity index (χ2v) is 6.30. The number of halogens is 2.